The highest BCUT2D eigenvalue weighted by Crippen LogP contribution is 2.34. The van der Waals surface area contributed by atoms with Crippen LogP contribution in [0.4, 0.5) is 5.69 Å². The molecule has 1 amide bonds. The van der Waals surface area contributed by atoms with Crippen LogP contribution in [0, 0.1) is 0 Å². The van der Waals surface area contributed by atoms with Gasteiger partial charge in [-0.3, -0.25) is 4.79 Å². The van der Waals surface area contributed by atoms with Crippen LogP contribution < -0.4 is 10.9 Å². The number of furan rings is 1. The molecule has 5 nitrogen and oxygen atoms in total. The van der Waals surface area contributed by atoms with Crippen molar-refractivity contribution >= 4 is 45.8 Å². The van der Waals surface area contributed by atoms with E-state index in [-0.39, 0.29) is 5.76 Å². The number of anilines is 1. The zero-order chi connectivity index (χ0) is 22.9. The van der Waals surface area contributed by atoms with Crippen molar-refractivity contribution in [2.24, 2.45) is 0 Å². The summed E-state index contributed by atoms with van der Waals surface area (Å²) in [6.45, 7) is 0. The molecule has 0 saturated carbocycles. The minimum absolute atomic E-state index is 0.125. The third kappa shape index (κ3) is 4.16. The van der Waals surface area contributed by atoms with E-state index in [1.165, 1.54) is 0 Å². The van der Waals surface area contributed by atoms with Crippen LogP contribution in [0.1, 0.15) is 10.6 Å². The van der Waals surface area contributed by atoms with Gasteiger partial charge in [0, 0.05) is 16.6 Å². The van der Waals surface area contributed by atoms with Crippen LogP contribution in [0.5, 0.6) is 0 Å². The number of hydrogen-bond donors (Lipinski definition) is 1. The molecule has 33 heavy (non-hydrogen) atoms. The fourth-order valence-electron chi connectivity index (χ4n) is 3.49. The Morgan fingerprint density at radius 3 is 2.39 bits per heavy atom. The minimum atomic E-state index is -0.423. The molecule has 0 spiro atoms. The molecule has 0 atom stereocenters. The summed E-state index contributed by atoms with van der Waals surface area (Å²) in [6.07, 6.45) is 0. The van der Waals surface area contributed by atoms with E-state index in [1.807, 2.05) is 18.2 Å². The van der Waals surface area contributed by atoms with Gasteiger partial charge < -0.3 is 14.2 Å². The van der Waals surface area contributed by atoms with E-state index in [0.29, 0.717) is 43.8 Å². The molecule has 0 bridgehead atoms. The molecule has 0 unspecified atom stereocenters. The molecule has 0 radical (unpaired) electrons. The van der Waals surface area contributed by atoms with Crippen LogP contribution >= 0.6 is 23.2 Å². The van der Waals surface area contributed by atoms with Gasteiger partial charge in [0.25, 0.3) is 5.91 Å². The monoisotopic (exact) mass is 475 g/mol. The molecular weight excluding hydrogens is 461 g/mol. The number of carbonyl (C=O) groups excluding carboxylic acids is 1. The SMILES string of the molecule is O=C(Nc1ccc(-c2cc3ccccc3oc2=O)cc1)c1ccc(-c2cccc(Cl)c2Cl)o1. The molecule has 5 rings (SSSR count). The van der Waals surface area contributed by atoms with Crippen LogP contribution in [0.25, 0.3) is 33.4 Å². The molecule has 0 aliphatic rings. The number of carbonyl (C=O) groups is 1. The van der Waals surface area contributed by atoms with Gasteiger partial charge in [0.1, 0.15) is 11.3 Å². The Bertz CT molecular complexity index is 1550. The molecule has 0 saturated heterocycles. The van der Waals surface area contributed by atoms with E-state index in [1.54, 1.807) is 66.7 Å². The maximum absolute atomic E-state index is 12.6. The number of hydrogen-bond acceptors (Lipinski definition) is 4. The van der Waals surface area contributed by atoms with E-state index < -0.39 is 11.5 Å². The van der Waals surface area contributed by atoms with Crippen LogP contribution in [-0.4, -0.2) is 5.91 Å². The standard InChI is InChI=1S/C26H15Cl2NO4/c27-20-6-3-5-18(24(20)28)22-12-13-23(32-22)25(30)29-17-10-8-15(9-11-17)19-14-16-4-1-2-7-21(16)33-26(19)31/h1-14H,(H,29,30). The number of rotatable bonds is 4. The lowest BCUT2D eigenvalue weighted by Crippen LogP contribution is -2.10. The van der Waals surface area contributed by atoms with E-state index in [4.69, 9.17) is 32.0 Å². The van der Waals surface area contributed by atoms with Crippen LogP contribution in [0.2, 0.25) is 10.0 Å². The Morgan fingerprint density at radius 2 is 1.58 bits per heavy atom. The van der Waals surface area contributed by atoms with Gasteiger partial charge in [-0.15, -0.1) is 0 Å². The molecule has 5 aromatic rings. The Morgan fingerprint density at radius 1 is 0.788 bits per heavy atom. The largest absolute Gasteiger partial charge is 0.451 e. The second kappa shape index (κ2) is 8.62. The summed E-state index contributed by atoms with van der Waals surface area (Å²) in [6, 6.07) is 24.4. The van der Waals surface area contributed by atoms with Crippen molar-refractivity contribution in [2.45, 2.75) is 0 Å². The predicted octanol–water partition coefficient (Wildman–Crippen LogP) is 7.28. The van der Waals surface area contributed by atoms with Gasteiger partial charge in [0.05, 0.1) is 15.6 Å². The van der Waals surface area contributed by atoms with Crippen molar-refractivity contribution in [3.05, 3.63) is 111 Å². The first-order chi connectivity index (χ1) is 16.0. The predicted molar refractivity (Wildman–Crippen MR) is 130 cm³/mol. The Labute approximate surface area is 198 Å². The fraction of sp³-hybridized carbons (Fsp3) is 0. The van der Waals surface area contributed by atoms with Gasteiger partial charge in [-0.25, -0.2) is 4.79 Å². The Hall–Kier alpha value is -3.80. The zero-order valence-electron chi connectivity index (χ0n) is 17.0. The zero-order valence-corrected chi connectivity index (χ0v) is 18.5. The van der Waals surface area contributed by atoms with Crippen molar-refractivity contribution < 1.29 is 13.6 Å². The number of para-hydroxylation sites is 1. The number of nitrogens with one attached hydrogen (secondary N) is 1. The van der Waals surface area contributed by atoms with E-state index in [2.05, 4.69) is 5.32 Å². The number of halogens is 2. The molecule has 7 heteroatoms. The average molecular weight is 476 g/mol. The summed E-state index contributed by atoms with van der Waals surface area (Å²) in [5, 5.41) is 4.37. The van der Waals surface area contributed by atoms with Crippen molar-refractivity contribution in [1.29, 1.82) is 0 Å². The van der Waals surface area contributed by atoms with E-state index in [0.717, 1.165) is 5.39 Å². The summed E-state index contributed by atoms with van der Waals surface area (Å²) in [7, 11) is 0. The van der Waals surface area contributed by atoms with Crippen LogP contribution in [-0.2, 0) is 0 Å². The number of fused-ring (bicyclic) bond motifs is 1. The summed E-state index contributed by atoms with van der Waals surface area (Å²) < 4.78 is 11.1. The smallest absolute Gasteiger partial charge is 0.344 e. The van der Waals surface area contributed by atoms with Gasteiger partial charge >= 0.3 is 5.63 Å². The second-order valence-electron chi connectivity index (χ2n) is 7.28. The molecule has 2 heterocycles. The fourth-order valence-corrected chi connectivity index (χ4v) is 3.88. The van der Waals surface area contributed by atoms with Crippen molar-refractivity contribution in [2.75, 3.05) is 5.32 Å². The molecule has 3 aromatic carbocycles. The number of benzene rings is 3. The highest BCUT2D eigenvalue weighted by molar-refractivity contribution is 6.43. The summed E-state index contributed by atoms with van der Waals surface area (Å²) in [5.41, 5.74) is 2.39. The second-order valence-corrected chi connectivity index (χ2v) is 8.07. The maximum atomic E-state index is 12.6. The molecule has 162 valence electrons. The first-order valence-electron chi connectivity index (χ1n) is 9.98. The summed E-state index contributed by atoms with van der Waals surface area (Å²) in [5.74, 6) is 0.142. The van der Waals surface area contributed by atoms with Gasteiger partial charge in [0.2, 0.25) is 0 Å². The van der Waals surface area contributed by atoms with Gasteiger partial charge in [0.15, 0.2) is 5.76 Å². The number of amides is 1. The van der Waals surface area contributed by atoms with Crippen molar-refractivity contribution in [3.8, 4) is 22.5 Å². The van der Waals surface area contributed by atoms with Gasteiger partial charge in [-0.05, 0) is 54.1 Å². The maximum Gasteiger partial charge on any atom is 0.344 e. The average Bonchev–Trinajstić information content (AvgIpc) is 3.31. The third-order valence-electron chi connectivity index (χ3n) is 5.14. The van der Waals surface area contributed by atoms with E-state index in [9.17, 15) is 9.59 Å². The molecule has 2 aromatic heterocycles. The van der Waals surface area contributed by atoms with Crippen molar-refractivity contribution in [1.82, 2.24) is 0 Å². The third-order valence-corrected chi connectivity index (χ3v) is 5.96. The first kappa shape index (κ1) is 21.1. The van der Waals surface area contributed by atoms with E-state index >= 15 is 0 Å². The van der Waals surface area contributed by atoms with Gasteiger partial charge in [-0.2, -0.15) is 0 Å². The Kier molecular flexibility index (Phi) is 5.50. The molecule has 0 aliphatic carbocycles. The summed E-state index contributed by atoms with van der Waals surface area (Å²) >= 11 is 12.3. The first-order valence-corrected chi connectivity index (χ1v) is 10.7. The summed E-state index contributed by atoms with van der Waals surface area (Å²) in [4.78, 5) is 25.0. The Balaban J connectivity index is 1.35. The lowest BCUT2D eigenvalue weighted by atomic mass is 10.1. The molecule has 0 fully saturated rings. The highest BCUT2D eigenvalue weighted by atomic mass is 35.5. The van der Waals surface area contributed by atoms with Crippen LogP contribution in [0.3, 0.4) is 0 Å². The topological polar surface area (TPSA) is 72.5 Å². The van der Waals surface area contributed by atoms with Crippen LogP contribution in [0.15, 0.2) is 98.6 Å². The van der Waals surface area contributed by atoms with Gasteiger partial charge in [-0.1, -0.05) is 59.6 Å². The lowest BCUT2D eigenvalue weighted by molar-refractivity contribution is 0.0997. The lowest BCUT2D eigenvalue weighted by Gasteiger charge is -2.06. The molecule has 0 aliphatic heterocycles. The van der Waals surface area contributed by atoms with Crippen molar-refractivity contribution in [3.63, 3.8) is 0 Å². The normalized spacial score (nSPS) is 11.0. The molecular formula is C26H15Cl2NO4. The highest BCUT2D eigenvalue weighted by Gasteiger charge is 2.16. The quantitative estimate of drug-likeness (QED) is 0.277. The minimum Gasteiger partial charge on any atom is -0.451 e. The molecule has 1 N–H and O–H groups in total.